The number of halogens is 1. The van der Waals surface area contributed by atoms with Crippen LogP contribution in [0.1, 0.15) is 27.8 Å². The van der Waals surface area contributed by atoms with Gasteiger partial charge in [-0.15, -0.1) is 0 Å². The first kappa shape index (κ1) is 17.0. The lowest BCUT2D eigenvalue weighted by Crippen LogP contribution is -2.38. The fraction of sp³-hybridized carbons (Fsp3) is 0.130. The molecular weight excluding hydrogens is 339 g/mol. The van der Waals surface area contributed by atoms with Gasteiger partial charge in [0.15, 0.2) is 0 Å². The second kappa shape index (κ2) is 6.37. The third-order valence-electron chi connectivity index (χ3n) is 5.21. The van der Waals surface area contributed by atoms with Gasteiger partial charge in [-0.25, -0.2) is 4.39 Å². The zero-order valence-corrected chi connectivity index (χ0v) is 14.8. The van der Waals surface area contributed by atoms with Crippen LogP contribution in [0.4, 0.5) is 10.1 Å². The van der Waals surface area contributed by atoms with E-state index >= 15 is 0 Å². The Hall–Kier alpha value is -3.45. The van der Waals surface area contributed by atoms with Crippen LogP contribution in [0.5, 0.6) is 0 Å². The van der Waals surface area contributed by atoms with Gasteiger partial charge in [-0.05, 0) is 65.9 Å². The van der Waals surface area contributed by atoms with Gasteiger partial charge in [0.25, 0.3) is 0 Å². The topological polar surface area (TPSA) is 52.9 Å². The summed E-state index contributed by atoms with van der Waals surface area (Å²) in [4.78, 5) is 13.3. The average molecular weight is 356 g/mol. The molecular formula is C23H17FN2O. The number of anilines is 1. The van der Waals surface area contributed by atoms with E-state index in [0.29, 0.717) is 23.2 Å². The molecule has 1 aliphatic rings. The number of hydrogen-bond donors (Lipinski definition) is 1. The largest absolute Gasteiger partial charge is 0.325 e. The van der Waals surface area contributed by atoms with Gasteiger partial charge in [-0.2, -0.15) is 5.26 Å². The standard InChI is InChI=1S/C23H17FN2O/c1-15-5-2-3-8-19(15)23(13-16-6-4-7-17(11-16)14-25)20-12-18(24)9-10-21(20)26-22(23)27/h2-12H,13H2,1H3,(H,26,27). The molecule has 0 saturated heterocycles. The van der Waals surface area contributed by atoms with Crippen LogP contribution in [0.15, 0.2) is 66.7 Å². The van der Waals surface area contributed by atoms with Crippen molar-refractivity contribution in [2.45, 2.75) is 18.8 Å². The number of nitrogens with one attached hydrogen (secondary N) is 1. The number of benzene rings is 3. The number of carbonyl (C=O) groups excluding carboxylic acids is 1. The Labute approximate surface area is 157 Å². The Morgan fingerprint density at radius 3 is 2.63 bits per heavy atom. The van der Waals surface area contributed by atoms with Gasteiger partial charge in [-0.1, -0.05) is 36.4 Å². The van der Waals surface area contributed by atoms with Crippen LogP contribution in [0, 0.1) is 24.1 Å². The van der Waals surface area contributed by atoms with Gasteiger partial charge in [0, 0.05) is 5.69 Å². The Morgan fingerprint density at radius 2 is 1.85 bits per heavy atom. The van der Waals surface area contributed by atoms with Gasteiger partial charge in [0.05, 0.1) is 11.6 Å². The molecule has 1 amide bonds. The second-order valence-corrected chi connectivity index (χ2v) is 6.85. The molecule has 0 spiro atoms. The number of nitrogens with zero attached hydrogens (tertiary/aromatic N) is 1. The molecule has 132 valence electrons. The summed E-state index contributed by atoms with van der Waals surface area (Å²) in [5, 5.41) is 12.1. The van der Waals surface area contributed by atoms with E-state index in [9.17, 15) is 14.4 Å². The molecule has 1 unspecified atom stereocenters. The van der Waals surface area contributed by atoms with Crippen LogP contribution in [0.3, 0.4) is 0 Å². The van der Waals surface area contributed by atoms with Gasteiger partial charge in [0.2, 0.25) is 5.91 Å². The van der Waals surface area contributed by atoms with E-state index in [-0.39, 0.29) is 11.7 Å². The number of fused-ring (bicyclic) bond motifs is 1. The van der Waals surface area contributed by atoms with Crippen molar-refractivity contribution in [3.8, 4) is 6.07 Å². The van der Waals surface area contributed by atoms with Crippen molar-refractivity contribution < 1.29 is 9.18 Å². The third-order valence-corrected chi connectivity index (χ3v) is 5.21. The first-order valence-electron chi connectivity index (χ1n) is 8.71. The lowest BCUT2D eigenvalue weighted by Gasteiger charge is -2.30. The fourth-order valence-corrected chi connectivity index (χ4v) is 3.98. The molecule has 0 radical (unpaired) electrons. The highest BCUT2D eigenvalue weighted by atomic mass is 19.1. The fourth-order valence-electron chi connectivity index (χ4n) is 3.98. The summed E-state index contributed by atoms with van der Waals surface area (Å²) in [5.41, 5.74) is 3.40. The van der Waals surface area contributed by atoms with Crippen LogP contribution in [0.25, 0.3) is 0 Å². The predicted molar refractivity (Wildman–Crippen MR) is 102 cm³/mol. The Kier molecular flexibility index (Phi) is 4.01. The summed E-state index contributed by atoms with van der Waals surface area (Å²) >= 11 is 0. The van der Waals surface area contributed by atoms with Crippen molar-refractivity contribution in [2.75, 3.05) is 5.32 Å². The van der Waals surface area contributed by atoms with E-state index in [4.69, 9.17) is 0 Å². The second-order valence-electron chi connectivity index (χ2n) is 6.85. The lowest BCUT2D eigenvalue weighted by molar-refractivity contribution is -0.119. The van der Waals surface area contributed by atoms with Crippen molar-refractivity contribution in [1.29, 1.82) is 5.26 Å². The maximum atomic E-state index is 14.1. The minimum absolute atomic E-state index is 0.181. The normalized spacial score (nSPS) is 17.9. The van der Waals surface area contributed by atoms with E-state index in [0.717, 1.165) is 16.7 Å². The summed E-state index contributed by atoms with van der Waals surface area (Å²) in [7, 11) is 0. The molecule has 0 bridgehead atoms. The van der Waals surface area contributed by atoms with Gasteiger partial charge < -0.3 is 5.32 Å². The summed E-state index contributed by atoms with van der Waals surface area (Å²) in [6.07, 6.45) is 0.343. The zero-order valence-electron chi connectivity index (χ0n) is 14.8. The molecule has 1 atom stereocenters. The summed E-state index contributed by atoms with van der Waals surface area (Å²) in [6.45, 7) is 1.95. The minimum atomic E-state index is -1.04. The van der Waals surface area contributed by atoms with Crippen molar-refractivity contribution in [1.82, 2.24) is 0 Å². The van der Waals surface area contributed by atoms with E-state index in [1.807, 2.05) is 37.3 Å². The van der Waals surface area contributed by atoms with E-state index in [1.165, 1.54) is 12.1 Å². The quantitative estimate of drug-likeness (QED) is 0.752. The molecule has 4 rings (SSSR count). The number of aryl methyl sites for hydroxylation is 1. The number of rotatable bonds is 3. The van der Waals surface area contributed by atoms with Gasteiger partial charge >= 0.3 is 0 Å². The van der Waals surface area contributed by atoms with E-state index in [1.54, 1.807) is 24.3 Å². The zero-order chi connectivity index (χ0) is 19.0. The molecule has 3 nitrogen and oxygen atoms in total. The summed E-state index contributed by atoms with van der Waals surface area (Å²) < 4.78 is 14.1. The van der Waals surface area contributed by atoms with Crippen molar-refractivity contribution in [3.63, 3.8) is 0 Å². The van der Waals surface area contributed by atoms with Crippen LogP contribution < -0.4 is 5.32 Å². The molecule has 1 N–H and O–H groups in total. The summed E-state index contributed by atoms with van der Waals surface area (Å²) in [5.74, 6) is -0.561. The van der Waals surface area contributed by atoms with Gasteiger partial charge in [0.1, 0.15) is 11.2 Å². The predicted octanol–water partition coefficient (Wildman–Crippen LogP) is 4.49. The average Bonchev–Trinajstić information content (AvgIpc) is 2.94. The van der Waals surface area contributed by atoms with Crippen molar-refractivity contribution in [2.24, 2.45) is 0 Å². The molecule has 4 heteroatoms. The maximum absolute atomic E-state index is 14.1. The molecule has 0 saturated carbocycles. The lowest BCUT2D eigenvalue weighted by atomic mass is 9.70. The van der Waals surface area contributed by atoms with Crippen molar-refractivity contribution in [3.05, 3.63) is 100 Å². The molecule has 1 heterocycles. The van der Waals surface area contributed by atoms with Gasteiger partial charge in [-0.3, -0.25) is 4.79 Å². The molecule has 0 fully saturated rings. The molecule has 0 aromatic heterocycles. The van der Waals surface area contributed by atoms with Crippen molar-refractivity contribution >= 4 is 11.6 Å². The number of amides is 1. The van der Waals surface area contributed by atoms with Crippen LogP contribution in [-0.4, -0.2) is 5.91 Å². The third kappa shape index (κ3) is 2.69. The number of carbonyl (C=O) groups is 1. The molecule has 0 aliphatic carbocycles. The Balaban J connectivity index is 1.98. The first-order valence-corrected chi connectivity index (χ1v) is 8.71. The highest BCUT2D eigenvalue weighted by Gasteiger charge is 2.49. The molecule has 3 aromatic rings. The SMILES string of the molecule is Cc1ccccc1C1(Cc2cccc(C#N)c2)C(=O)Nc2ccc(F)cc21. The number of nitriles is 1. The van der Waals surface area contributed by atoms with Crippen LogP contribution in [0.2, 0.25) is 0 Å². The highest BCUT2D eigenvalue weighted by molar-refractivity contribution is 6.09. The Morgan fingerprint density at radius 1 is 1.04 bits per heavy atom. The Bertz CT molecular complexity index is 1100. The van der Waals surface area contributed by atoms with Crippen LogP contribution >= 0.6 is 0 Å². The minimum Gasteiger partial charge on any atom is -0.325 e. The molecule has 1 aliphatic heterocycles. The number of hydrogen-bond acceptors (Lipinski definition) is 2. The summed E-state index contributed by atoms with van der Waals surface area (Å²) in [6, 6.07) is 21.4. The van der Waals surface area contributed by atoms with Crippen LogP contribution in [-0.2, 0) is 16.6 Å². The molecule has 27 heavy (non-hydrogen) atoms. The first-order chi connectivity index (χ1) is 13.0. The maximum Gasteiger partial charge on any atom is 0.239 e. The smallest absolute Gasteiger partial charge is 0.239 e. The molecule has 3 aromatic carbocycles. The highest BCUT2D eigenvalue weighted by Crippen LogP contribution is 2.46. The van der Waals surface area contributed by atoms with E-state index in [2.05, 4.69) is 11.4 Å². The van der Waals surface area contributed by atoms with E-state index < -0.39 is 5.41 Å². The monoisotopic (exact) mass is 356 g/mol.